The molecule has 1 unspecified atom stereocenters. The molecule has 1 aliphatic rings. The van der Waals surface area contributed by atoms with Crippen LogP contribution in [0.25, 0.3) is 5.69 Å². The monoisotopic (exact) mass is 488 g/mol. The third kappa shape index (κ3) is 6.06. The van der Waals surface area contributed by atoms with Crippen LogP contribution in [-0.4, -0.2) is 50.1 Å². The number of nitrogens with zero attached hydrogens (tertiary/aromatic N) is 2. The van der Waals surface area contributed by atoms with E-state index in [1.54, 1.807) is 10.9 Å². The molecule has 1 saturated heterocycles. The molecule has 0 radical (unpaired) electrons. The summed E-state index contributed by atoms with van der Waals surface area (Å²) in [6.07, 6.45) is 4.63. The van der Waals surface area contributed by atoms with Gasteiger partial charge in [-0.05, 0) is 54.8 Å². The third-order valence-electron chi connectivity index (χ3n) is 5.30. The van der Waals surface area contributed by atoms with Crippen molar-refractivity contribution in [3.05, 3.63) is 72.6 Å². The van der Waals surface area contributed by atoms with E-state index in [0.717, 1.165) is 11.3 Å². The summed E-state index contributed by atoms with van der Waals surface area (Å²) in [6.45, 7) is 0. The van der Waals surface area contributed by atoms with Crippen molar-refractivity contribution in [3.8, 4) is 5.69 Å². The number of nitrogens with one attached hydrogen (secondary N) is 2. The molecule has 4 rings (SSSR count). The van der Waals surface area contributed by atoms with Gasteiger partial charge in [-0.1, -0.05) is 18.2 Å². The minimum absolute atomic E-state index is 0.0122. The SMILES string of the molecule is O=C(CCc1cnn(-c2ccccc2)c1)Nc1ccc(S(=O)(=O)NC2CCS(=O)(=O)C2)cc1. The smallest absolute Gasteiger partial charge is 0.240 e. The van der Waals surface area contributed by atoms with Gasteiger partial charge in [0.25, 0.3) is 0 Å². The Balaban J connectivity index is 1.30. The van der Waals surface area contributed by atoms with Gasteiger partial charge in [-0.25, -0.2) is 26.2 Å². The van der Waals surface area contributed by atoms with Gasteiger partial charge in [-0.2, -0.15) is 5.10 Å². The lowest BCUT2D eigenvalue weighted by atomic mass is 10.2. The molecule has 1 aromatic heterocycles. The summed E-state index contributed by atoms with van der Waals surface area (Å²) in [5.41, 5.74) is 2.34. The van der Waals surface area contributed by atoms with Crippen LogP contribution in [0.3, 0.4) is 0 Å². The summed E-state index contributed by atoms with van der Waals surface area (Å²) in [4.78, 5) is 12.3. The number of hydrogen-bond donors (Lipinski definition) is 2. The number of benzene rings is 2. The Kier molecular flexibility index (Phi) is 6.63. The second kappa shape index (κ2) is 9.46. The lowest BCUT2D eigenvalue weighted by molar-refractivity contribution is -0.116. The maximum Gasteiger partial charge on any atom is 0.240 e. The second-order valence-electron chi connectivity index (χ2n) is 7.92. The van der Waals surface area contributed by atoms with Gasteiger partial charge in [0.2, 0.25) is 15.9 Å². The number of rotatable bonds is 8. The van der Waals surface area contributed by atoms with E-state index in [1.807, 2.05) is 36.5 Å². The van der Waals surface area contributed by atoms with E-state index in [4.69, 9.17) is 0 Å². The first-order valence-corrected chi connectivity index (χ1v) is 13.7. The third-order valence-corrected chi connectivity index (χ3v) is 8.60. The highest BCUT2D eigenvalue weighted by molar-refractivity contribution is 7.92. The van der Waals surface area contributed by atoms with Crippen molar-refractivity contribution < 1.29 is 21.6 Å². The van der Waals surface area contributed by atoms with Gasteiger partial charge < -0.3 is 5.32 Å². The largest absolute Gasteiger partial charge is 0.326 e. The molecule has 174 valence electrons. The fraction of sp³-hybridized carbons (Fsp3) is 0.273. The molecule has 0 bridgehead atoms. The Bertz CT molecular complexity index is 1330. The minimum atomic E-state index is -3.84. The van der Waals surface area contributed by atoms with Crippen LogP contribution in [0.2, 0.25) is 0 Å². The van der Waals surface area contributed by atoms with Crippen molar-refractivity contribution in [3.63, 3.8) is 0 Å². The first kappa shape index (κ1) is 23.1. The predicted octanol–water partition coefficient (Wildman–Crippen LogP) is 1.91. The highest BCUT2D eigenvalue weighted by Gasteiger charge is 2.31. The zero-order valence-electron chi connectivity index (χ0n) is 17.7. The van der Waals surface area contributed by atoms with Crippen LogP contribution >= 0.6 is 0 Å². The number of aryl methyl sites for hydroxylation is 1. The van der Waals surface area contributed by atoms with Crippen molar-refractivity contribution in [2.45, 2.75) is 30.2 Å². The van der Waals surface area contributed by atoms with Crippen LogP contribution in [0.5, 0.6) is 0 Å². The van der Waals surface area contributed by atoms with Crippen molar-refractivity contribution in [2.24, 2.45) is 0 Å². The van der Waals surface area contributed by atoms with E-state index in [0.29, 0.717) is 12.1 Å². The standard InChI is InChI=1S/C22H24N4O5S2/c27-22(11-6-17-14-23-26(15-17)20-4-2-1-3-5-20)24-18-7-9-21(10-8-18)33(30,31)25-19-12-13-32(28,29)16-19/h1-5,7-10,14-15,19,25H,6,11-13,16H2,(H,24,27). The Morgan fingerprint density at radius 1 is 1.09 bits per heavy atom. The van der Waals surface area contributed by atoms with Crippen LogP contribution in [0.15, 0.2) is 71.9 Å². The molecule has 3 aromatic rings. The average molecular weight is 489 g/mol. The van der Waals surface area contributed by atoms with E-state index < -0.39 is 25.9 Å². The van der Waals surface area contributed by atoms with Crippen LogP contribution in [-0.2, 0) is 31.1 Å². The lowest BCUT2D eigenvalue weighted by Crippen LogP contribution is -2.35. The normalized spacial score (nSPS) is 17.6. The fourth-order valence-electron chi connectivity index (χ4n) is 3.59. The molecular weight excluding hydrogens is 464 g/mol. The number of carbonyl (C=O) groups is 1. The maximum absolute atomic E-state index is 12.5. The molecule has 9 nitrogen and oxygen atoms in total. The van der Waals surface area contributed by atoms with Crippen molar-refractivity contribution >= 4 is 31.5 Å². The first-order chi connectivity index (χ1) is 15.7. The maximum atomic E-state index is 12.5. The van der Waals surface area contributed by atoms with Crippen LogP contribution < -0.4 is 10.0 Å². The molecule has 0 saturated carbocycles. The minimum Gasteiger partial charge on any atom is -0.326 e. The van der Waals surface area contributed by atoms with E-state index in [1.165, 1.54) is 24.3 Å². The number of hydrogen-bond acceptors (Lipinski definition) is 6. The zero-order chi connectivity index (χ0) is 23.5. The highest BCUT2D eigenvalue weighted by Crippen LogP contribution is 2.18. The molecule has 1 aliphatic heterocycles. The van der Waals surface area contributed by atoms with E-state index in [-0.39, 0.29) is 35.2 Å². The molecule has 33 heavy (non-hydrogen) atoms. The van der Waals surface area contributed by atoms with Gasteiger partial charge >= 0.3 is 0 Å². The topological polar surface area (TPSA) is 127 Å². The number of amides is 1. The Hall–Kier alpha value is -3.02. The quantitative estimate of drug-likeness (QED) is 0.499. The molecule has 2 heterocycles. The number of aromatic nitrogens is 2. The van der Waals surface area contributed by atoms with E-state index in [2.05, 4.69) is 15.1 Å². The molecule has 1 atom stereocenters. The van der Waals surface area contributed by atoms with Crippen molar-refractivity contribution in [1.29, 1.82) is 0 Å². The summed E-state index contributed by atoms with van der Waals surface area (Å²) in [6, 6.07) is 14.8. The molecule has 1 fully saturated rings. The van der Waals surface area contributed by atoms with Gasteiger partial charge in [-0.15, -0.1) is 0 Å². The Labute approximate surface area is 192 Å². The summed E-state index contributed by atoms with van der Waals surface area (Å²) >= 11 is 0. The van der Waals surface area contributed by atoms with E-state index in [9.17, 15) is 21.6 Å². The number of para-hydroxylation sites is 1. The van der Waals surface area contributed by atoms with Gasteiger partial charge in [0, 0.05) is 24.3 Å². The molecular formula is C22H24N4O5S2. The summed E-state index contributed by atoms with van der Waals surface area (Å²) in [5.74, 6) is -0.407. The van der Waals surface area contributed by atoms with Crippen LogP contribution in [0, 0.1) is 0 Å². The van der Waals surface area contributed by atoms with Crippen molar-refractivity contribution in [1.82, 2.24) is 14.5 Å². The summed E-state index contributed by atoms with van der Waals surface area (Å²) in [7, 11) is -7.03. The van der Waals surface area contributed by atoms with Gasteiger partial charge in [0.1, 0.15) is 0 Å². The molecule has 0 aliphatic carbocycles. The molecule has 0 spiro atoms. The first-order valence-electron chi connectivity index (χ1n) is 10.4. The van der Waals surface area contributed by atoms with Crippen LogP contribution in [0.1, 0.15) is 18.4 Å². The fourth-order valence-corrected chi connectivity index (χ4v) is 6.63. The zero-order valence-corrected chi connectivity index (χ0v) is 19.3. The summed E-state index contributed by atoms with van der Waals surface area (Å²) < 4.78 is 52.3. The highest BCUT2D eigenvalue weighted by atomic mass is 32.2. The number of carbonyl (C=O) groups excluding carboxylic acids is 1. The van der Waals surface area contributed by atoms with Gasteiger partial charge in [-0.3, -0.25) is 4.79 Å². The van der Waals surface area contributed by atoms with Gasteiger partial charge in [0.05, 0.1) is 28.3 Å². The molecule has 2 N–H and O–H groups in total. The number of sulfonamides is 1. The average Bonchev–Trinajstić information content (AvgIpc) is 3.39. The number of anilines is 1. The lowest BCUT2D eigenvalue weighted by Gasteiger charge is -2.12. The number of sulfone groups is 1. The van der Waals surface area contributed by atoms with Crippen LogP contribution in [0.4, 0.5) is 5.69 Å². The molecule has 1 amide bonds. The summed E-state index contributed by atoms with van der Waals surface area (Å²) in [5, 5.41) is 7.07. The Morgan fingerprint density at radius 2 is 1.82 bits per heavy atom. The molecule has 2 aromatic carbocycles. The van der Waals surface area contributed by atoms with E-state index >= 15 is 0 Å². The van der Waals surface area contributed by atoms with Gasteiger partial charge in [0.15, 0.2) is 9.84 Å². The Morgan fingerprint density at radius 3 is 2.48 bits per heavy atom. The predicted molar refractivity (Wildman–Crippen MR) is 124 cm³/mol. The molecule has 11 heteroatoms. The second-order valence-corrected chi connectivity index (χ2v) is 11.9. The van der Waals surface area contributed by atoms with Crippen molar-refractivity contribution in [2.75, 3.05) is 16.8 Å².